The summed E-state index contributed by atoms with van der Waals surface area (Å²) < 4.78 is 28.3. The minimum absolute atomic E-state index is 0.162. The summed E-state index contributed by atoms with van der Waals surface area (Å²) in [6.45, 7) is 9.03. The third kappa shape index (κ3) is 5.25. The van der Waals surface area contributed by atoms with Crippen LogP contribution in [-0.2, 0) is 16.6 Å². The highest BCUT2D eigenvalue weighted by molar-refractivity contribution is 7.89. The number of halogens is 1. The van der Waals surface area contributed by atoms with Crippen molar-refractivity contribution in [3.05, 3.63) is 45.1 Å². The molecule has 1 aromatic heterocycles. The van der Waals surface area contributed by atoms with Crippen molar-refractivity contribution in [2.24, 2.45) is 0 Å². The van der Waals surface area contributed by atoms with Crippen molar-refractivity contribution >= 4 is 44.6 Å². The Morgan fingerprint density at radius 2 is 1.74 bits per heavy atom. The third-order valence-electron chi connectivity index (χ3n) is 5.63. The molecule has 1 amide bonds. The number of sulfonamides is 1. The molecule has 0 radical (unpaired) electrons. The first-order chi connectivity index (χ1) is 14.8. The van der Waals surface area contributed by atoms with Gasteiger partial charge in [-0.2, -0.15) is 4.31 Å². The lowest BCUT2D eigenvalue weighted by molar-refractivity contribution is 0.0754. The molecular weight excluding hydrogens is 454 g/mol. The lowest BCUT2D eigenvalue weighted by Gasteiger charge is -2.27. The van der Waals surface area contributed by atoms with Crippen LogP contribution in [0, 0.1) is 0 Å². The smallest absolute Gasteiger partial charge is 0.256 e. The minimum atomic E-state index is -3.66. The van der Waals surface area contributed by atoms with Crippen molar-refractivity contribution < 1.29 is 13.2 Å². The summed E-state index contributed by atoms with van der Waals surface area (Å²) in [5, 5.41) is 0. The molecule has 3 rings (SSSR count). The number of hydrogen-bond donors (Lipinski definition) is 0. The third-order valence-corrected chi connectivity index (χ3v) is 8.89. The number of hydrogen-bond acceptors (Lipinski definition) is 5. The molecule has 2 heterocycles. The van der Waals surface area contributed by atoms with Gasteiger partial charge in [-0.3, -0.25) is 4.79 Å². The van der Waals surface area contributed by atoms with Crippen molar-refractivity contribution in [2.75, 3.05) is 37.6 Å². The monoisotopic (exact) mass is 483 g/mol. The van der Waals surface area contributed by atoms with Gasteiger partial charge in [0.1, 0.15) is 0 Å². The van der Waals surface area contributed by atoms with Crippen molar-refractivity contribution in [3.63, 3.8) is 0 Å². The topological polar surface area (TPSA) is 60.9 Å². The van der Waals surface area contributed by atoms with E-state index in [0.717, 1.165) is 36.5 Å². The summed E-state index contributed by atoms with van der Waals surface area (Å²) in [6, 6.07) is 8.74. The maximum absolute atomic E-state index is 13.6. The maximum Gasteiger partial charge on any atom is 0.256 e. The molecule has 1 aliphatic heterocycles. The van der Waals surface area contributed by atoms with Gasteiger partial charge in [-0.05, 0) is 50.1 Å². The molecule has 0 N–H and O–H groups in total. The zero-order valence-electron chi connectivity index (χ0n) is 18.3. The summed E-state index contributed by atoms with van der Waals surface area (Å²) in [7, 11) is -3.66. The van der Waals surface area contributed by atoms with Gasteiger partial charge in [-0.1, -0.05) is 25.4 Å². The van der Waals surface area contributed by atoms with Gasteiger partial charge in [0.25, 0.3) is 5.91 Å². The number of amides is 1. The van der Waals surface area contributed by atoms with Crippen LogP contribution in [0.4, 0.5) is 5.69 Å². The lowest BCUT2D eigenvalue weighted by atomic mass is 10.1. The van der Waals surface area contributed by atoms with Crippen molar-refractivity contribution in [1.82, 2.24) is 9.21 Å². The van der Waals surface area contributed by atoms with Gasteiger partial charge in [0.2, 0.25) is 10.0 Å². The molecule has 170 valence electrons. The Morgan fingerprint density at radius 3 is 2.29 bits per heavy atom. The molecule has 0 atom stereocenters. The predicted octanol–water partition coefficient (Wildman–Crippen LogP) is 4.69. The predicted molar refractivity (Wildman–Crippen MR) is 128 cm³/mol. The van der Waals surface area contributed by atoms with Crippen LogP contribution in [0.25, 0.3) is 0 Å². The van der Waals surface area contributed by atoms with Crippen LogP contribution in [0.2, 0.25) is 4.34 Å². The van der Waals surface area contributed by atoms with Crippen LogP contribution < -0.4 is 4.90 Å². The second kappa shape index (κ2) is 10.3. The van der Waals surface area contributed by atoms with E-state index in [4.69, 9.17) is 11.6 Å². The van der Waals surface area contributed by atoms with Gasteiger partial charge in [0.05, 0.1) is 21.3 Å². The van der Waals surface area contributed by atoms with E-state index in [1.807, 2.05) is 32.9 Å². The molecule has 1 aromatic carbocycles. The lowest BCUT2D eigenvalue weighted by Crippen LogP contribution is -2.33. The molecule has 2 aromatic rings. The number of nitrogens with zero attached hydrogens (tertiary/aromatic N) is 3. The van der Waals surface area contributed by atoms with Gasteiger partial charge in [0, 0.05) is 43.3 Å². The van der Waals surface area contributed by atoms with Gasteiger partial charge >= 0.3 is 0 Å². The summed E-state index contributed by atoms with van der Waals surface area (Å²) in [5.74, 6) is -0.162. The molecule has 0 saturated carbocycles. The molecular formula is C22H30ClN3O3S2. The van der Waals surface area contributed by atoms with Crippen molar-refractivity contribution in [2.45, 2.75) is 45.1 Å². The Kier molecular flexibility index (Phi) is 8.02. The van der Waals surface area contributed by atoms with Crippen LogP contribution in [0.1, 0.15) is 48.8 Å². The van der Waals surface area contributed by atoms with Gasteiger partial charge in [-0.25, -0.2) is 8.42 Å². The molecule has 9 heteroatoms. The van der Waals surface area contributed by atoms with Gasteiger partial charge < -0.3 is 9.80 Å². The highest BCUT2D eigenvalue weighted by Crippen LogP contribution is 2.30. The average molecular weight is 484 g/mol. The average Bonchev–Trinajstić information content (AvgIpc) is 3.43. The van der Waals surface area contributed by atoms with Crippen molar-refractivity contribution in [3.8, 4) is 0 Å². The highest BCUT2D eigenvalue weighted by Gasteiger charge is 2.28. The van der Waals surface area contributed by atoms with Crippen molar-refractivity contribution in [1.29, 1.82) is 0 Å². The normalized spacial score (nSPS) is 14.4. The second-order valence-corrected chi connectivity index (χ2v) is 11.2. The fourth-order valence-corrected chi connectivity index (χ4v) is 6.50. The molecule has 1 aliphatic rings. The number of anilines is 1. The number of thiophene rings is 1. The van der Waals surface area contributed by atoms with Crippen LogP contribution in [0.5, 0.6) is 0 Å². The van der Waals surface area contributed by atoms with E-state index >= 15 is 0 Å². The van der Waals surface area contributed by atoms with E-state index in [0.29, 0.717) is 36.1 Å². The van der Waals surface area contributed by atoms with Gasteiger partial charge in [0.15, 0.2) is 0 Å². The first kappa shape index (κ1) is 24.0. The zero-order valence-corrected chi connectivity index (χ0v) is 20.7. The van der Waals surface area contributed by atoms with E-state index in [9.17, 15) is 13.2 Å². The fourth-order valence-electron chi connectivity index (χ4n) is 3.92. The molecule has 0 spiro atoms. The van der Waals surface area contributed by atoms with E-state index in [-0.39, 0.29) is 10.8 Å². The summed E-state index contributed by atoms with van der Waals surface area (Å²) in [4.78, 5) is 18.7. The summed E-state index contributed by atoms with van der Waals surface area (Å²) in [5.41, 5.74) is 1.25. The molecule has 1 fully saturated rings. The van der Waals surface area contributed by atoms with E-state index in [2.05, 4.69) is 4.90 Å². The molecule has 0 bridgehead atoms. The molecule has 0 unspecified atom stereocenters. The van der Waals surface area contributed by atoms with Crippen LogP contribution in [0.3, 0.4) is 0 Å². The number of rotatable bonds is 9. The molecule has 0 aliphatic carbocycles. The first-order valence-corrected chi connectivity index (χ1v) is 13.4. The summed E-state index contributed by atoms with van der Waals surface area (Å²) in [6.07, 6.45) is 2.14. The largest absolute Gasteiger partial charge is 0.371 e. The Morgan fingerprint density at radius 1 is 1.06 bits per heavy atom. The number of benzene rings is 1. The fraction of sp³-hybridized carbons (Fsp3) is 0.500. The van der Waals surface area contributed by atoms with Crippen LogP contribution in [0.15, 0.2) is 35.2 Å². The second-order valence-electron chi connectivity index (χ2n) is 7.49. The Balaban J connectivity index is 2.02. The quantitative estimate of drug-likeness (QED) is 0.519. The van der Waals surface area contributed by atoms with E-state index < -0.39 is 10.0 Å². The Hall–Kier alpha value is -1.61. The standard InChI is InChI=1S/C22H30ClN3O3S2/c1-4-24(16-17-9-12-21(23)30-17)22(27)19-15-18(31(28,29)26(5-2)6-3)10-11-20(19)25-13-7-8-14-25/h9-12,15H,4-8,13-14,16H2,1-3H3. The minimum Gasteiger partial charge on any atom is -0.371 e. The molecule has 31 heavy (non-hydrogen) atoms. The van der Waals surface area contributed by atoms with Gasteiger partial charge in [-0.15, -0.1) is 11.3 Å². The SMILES string of the molecule is CCN(Cc1ccc(Cl)s1)C(=O)c1cc(S(=O)(=O)N(CC)CC)ccc1N1CCCC1. The van der Waals surface area contributed by atoms with Crippen LogP contribution in [-0.4, -0.2) is 56.3 Å². The van der Waals surface area contributed by atoms with Crippen LogP contribution >= 0.6 is 22.9 Å². The van der Waals surface area contributed by atoms with E-state index in [1.165, 1.54) is 15.6 Å². The maximum atomic E-state index is 13.6. The Labute approximate surface area is 194 Å². The molecule has 6 nitrogen and oxygen atoms in total. The zero-order chi connectivity index (χ0) is 22.6. The Bertz CT molecular complexity index is 1010. The first-order valence-electron chi connectivity index (χ1n) is 10.7. The number of carbonyl (C=O) groups is 1. The molecule has 1 saturated heterocycles. The summed E-state index contributed by atoms with van der Waals surface area (Å²) >= 11 is 7.51. The van der Waals surface area contributed by atoms with E-state index in [1.54, 1.807) is 23.1 Å². The number of carbonyl (C=O) groups excluding carboxylic acids is 1. The highest BCUT2D eigenvalue weighted by atomic mass is 35.5.